The molecule has 0 spiro atoms. The first kappa shape index (κ1) is 20.1. The molecule has 1 aliphatic rings. The fraction of sp³-hybridized carbons (Fsp3) is 0.200. The summed E-state index contributed by atoms with van der Waals surface area (Å²) in [6.45, 7) is 0.885. The average molecular weight is 485 g/mol. The first-order chi connectivity index (χ1) is 14.4. The van der Waals surface area contributed by atoms with E-state index in [4.69, 9.17) is 0 Å². The average Bonchev–Trinajstić information content (AvgIpc) is 3.32. The van der Waals surface area contributed by atoms with Crippen molar-refractivity contribution in [1.29, 1.82) is 5.26 Å². The molecule has 4 rings (SSSR count). The van der Waals surface area contributed by atoms with Gasteiger partial charge in [-0.2, -0.15) is 10.4 Å². The highest BCUT2D eigenvalue weighted by Gasteiger charge is 2.28. The Morgan fingerprint density at radius 2 is 2.03 bits per heavy atom. The van der Waals surface area contributed by atoms with E-state index in [2.05, 4.69) is 37.7 Å². The van der Waals surface area contributed by atoms with Crippen LogP contribution in [-0.4, -0.2) is 33.2 Å². The summed E-state index contributed by atoms with van der Waals surface area (Å²) in [6, 6.07) is 9.37. The molecule has 10 heteroatoms. The highest BCUT2D eigenvalue weighted by atomic mass is 79.9. The lowest BCUT2D eigenvalue weighted by atomic mass is 10.0. The third-order valence-corrected chi connectivity index (χ3v) is 6.41. The lowest BCUT2D eigenvalue weighted by Gasteiger charge is -2.27. The Bertz CT molecular complexity index is 1160. The molecule has 3 heterocycles. The van der Waals surface area contributed by atoms with E-state index in [1.807, 2.05) is 24.3 Å². The van der Waals surface area contributed by atoms with Gasteiger partial charge in [-0.05, 0) is 36.2 Å². The van der Waals surface area contributed by atoms with Gasteiger partial charge in [-0.25, -0.2) is 4.79 Å². The van der Waals surface area contributed by atoms with Crippen LogP contribution in [0.2, 0.25) is 0 Å². The molecule has 1 aliphatic heterocycles. The molecular weight excluding hydrogens is 468 g/mol. The molecule has 8 nitrogen and oxygen atoms in total. The molecule has 3 aromatic rings. The second kappa shape index (κ2) is 8.30. The number of nitrogens with one attached hydrogen (secondary N) is 2. The standard InChI is InChI=1S/C20H17BrN6O2S/c1-26-10-12(9-23-26)18(28)25-19-16(8-22)15-6-7-27(11-17(15)30-19)20(29)24-14-4-2-13(21)3-5-14/h2-5,9-10H,6-7,11H2,1H3,(H,24,29)(H,25,28). The van der Waals surface area contributed by atoms with Gasteiger partial charge >= 0.3 is 6.03 Å². The van der Waals surface area contributed by atoms with Crippen molar-refractivity contribution >= 4 is 49.9 Å². The van der Waals surface area contributed by atoms with Crippen LogP contribution < -0.4 is 10.6 Å². The number of amides is 3. The zero-order chi connectivity index (χ0) is 21.3. The number of fused-ring (bicyclic) bond motifs is 1. The summed E-state index contributed by atoms with van der Waals surface area (Å²) >= 11 is 4.71. The number of hydrogen-bond acceptors (Lipinski definition) is 5. The predicted octanol–water partition coefficient (Wildman–Crippen LogP) is 3.96. The number of aryl methyl sites for hydroxylation is 1. The fourth-order valence-electron chi connectivity index (χ4n) is 3.23. The maximum absolute atomic E-state index is 12.7. The number of nitrogens with zero attached hydrogens (tertiary/aromatic N) is 4. The number of carbonyl (C=O) groups excluding carboxylic acids is 2. The van der Waals surface area contributed by atoms with Crippen molar-refractivity contribution < 1.29 is 9.59 Å². The van der Waals surface area contributed by atoms with Crippen LogP contribution >= 0.6 is 27.3 Å². The summed E-state index contributed by atoms with van der Waals surface area (Å²) in [5.41, 5.74) is 2.50. The minimum absolute atomic E-state index is 0.198. The van der Waals surface area contributed by atoms with Gasteiger partial charge in [0.2, 0.25) is 0 Å². The molecule has 152 valence electrons. The van der Waals surface area contributed by atoms with Crippen molar-refractivity contribution in [1.82, 2.24) is 14.7 Å². The van der Waals surface area contributed by atoms with Crippen LogP contribution in [0.5, 0.6) is 0 Å². The van der Waals surface area contributed by atoms with E-state index < -0.39 is 0 Å². The molecule has 2 aromatic heterocycles. The van der Waals surface area contributed by atoms with Crippen molar-refractivity contribution in [3.8, 4) is 6.07 Å². The van der Waals surface area contributed by atoms with Crippen LogP contribution in [0.4, 0.5) is 15.5 Å². The minimum atomic E-state index is -0.317. The molecule has 0 fully saturated rings. The molecular formula is C20H17BrN6O2S. The number of anilines is 2. The van der Waals surface area contributed by atoms with E-state index in [1.54, 1.807) is 22.8 Å². The summed E-state index contributed by atoms with van der Waals surface area (Å²) in [5.74, 6) is -0.317. The second-order valence-electron chi connectivity index (χ2n) is 6.79. The van der Waals surface area contributed by atoms with E-state index in [9.17, 15) is 14.9 Å². The lowest BCUT2D eigenvalue weighted by Crippen LogP contribution is -2.38. The fourth-order valence-corrected chi connectivity index (χ4v) is 4.71. The lowest BCUT2D eigenvalue weighted by molar-refractivity contribution is 0.102. The molecule has 0 unspecified atom stereocenters. The van der Waals surface area contributed by atoms with Crippen molar-refractivity contribution in [3.63, 3.8) is 0 Å². The van der Waals surface area contributed by atoms with Crippen molar-refractivity contribution in [3.05, 3.63) is 62.7 Å². The third kappa shape index (κ3) is 4.08. The molecule has 0 saturated carbocycles. The number of thiophene rings is 1. The zero-order valence-corrected chi connectivity index (χ0v) is 18.4. The van der Waals surface area contributed by atoms with E-state index in [0.717, 1.165) is 14.9 Å². The number of hydrogen-bond donors (Lipinski definition) is 2. The second-order valence-corrected chi connectivity index (χ2v) is 8.81. The molecule has 0 atom stereocenters. The number of benzene rings is 1. The van der Waals surface area contributed by atoms with E-state index >= 15 is 0 Å². The largest absolute Gasteiger partial charge is 0.322 e. The van der Waals surface area contributed by atoms with Gasteiger partial charge in [0.1, 0.15) is 11.1 Å². The Morgan fingerprint density at radius 3 is 2.70 bits per heavy atom. The molecule has 0 aliphatic carbocycles. The number of urea groups is 1. The Labute approximate surface area is 185 Å². The van der Waals surface area contributed by atoms with Crippen LogP contribution in [0.3, 0.4) is 0 Å². The molecule has 0 radical (unpaired) electrons. The Hall–Kier alpha value is -3.16. The summed E-state index contributed by atoms with van der Waals surface area (Å²) in [7, 11) is 1.73. The molecule has 3 amide bonds. The van der Waals surface area contributed by atoms with Gasteiger partial charge in [-0.1, -0.05) is 15.9 Å². The van der Waals surface area contributed by atoms with E-state index in [1.165, 1.54) is 17.5 Å². The summed E-state index contributed by atoms with van der Waals surface area (Å²) < 4.78 is 2.48. The molecule has 30 heavy (non-hydrogen) atoms. The van der Waals surface area contributed by atoms with Gasteiger partial charge in [0.25, 0.3) is 5.91 Å². The van der Waals surface area contributed by atoms with Crippen molar-refractivity contribution in [2.75, 3.05) is 17.2 Å². The highest BCUT2D eigenvalue weighted by molar-refractivity contribution is 9.10. The van der Waals surface area contributed by atoms with Crippen LogP contribution in [0.1, 0.15) is 26.4 Å². The summed E-state index contributed by atoms with van der Waals surface area (Å²) in [4.78, 5) is 27.7. The third-order valence-electron chi connectivity index (χ3n) is 4.75. The Kier molecular flexibility index (Phi) is 5.57. The van der Waals surface area contributed by atoms with Crippen LogP contribution in [0, 0.1) is 11.3 Å². The Balaban J connectivity index is 1.49. The minimum Gasteiger partial charge on any atom is -0.319 e. The maximum Gasteiger partial charge on any atom is 0.322 e. The first-order valence-corrected chi connectivity index (χ1v) is 10.7. The van der Waals surface area contributed by atoms with Gasteiger partial charge in [0, 0.05) is 34.8 Å². The topological polar surface area (TPSA) is 103 Å². The molecule has 1 aromatic carbocycles. The monoisotopic (exact) mass is 484 g/mol. The molecule has 2 N–H and O–H groups in total. The smallest absolute Gasteiger partial charge is 0.319 e. The highest BCUT2D eigenvalue weighted by Crippen LogP contribution is 2.37. The number of nitriles is 1. The van der Waals surface area contributed by atoms with Gasteiger partial charge in [0.05, 0.1) is 23.9 Å². The maximum atomic E-state index is 12.7. The molecule has 0 saturated heterocycles. The number of halogens is 1. The van der Waals surface area contributed by atoms with Gasteiger partial charge in [0.15, 0.2) is 0 Å². The predicted molar refractivity (Wildman–Crippen MR) is 117 cm³/mol. The first-order valence-electron chi connectivity index (χ1n) is 9.10. The van der Waals surface area contributed by atoms with Gasteiger partial charge < -0.3 is 15.5 Å². The van der Waals surface area contributed by atoms with Crippen LogP contribution in [0.15, 0.2) is 41.1 Å². The number of carbonyl (C=O) groups is 2. The van der Waals surface area contributed by atoms with Gasteiger partial charge in [-0.15, -0.1) is 11.3 Å². The summed E-state index contributed by atoms with van der Waals surface area (Å²) in [5, 5.41) is 19.8. The van der Waals surface area contributed by atoms with Crippen LogP contribution in [-0.2, 0) is 20.0 Å². The quantitative estimate of drug-likeness (QED) is 0.586. The van der Waals surface area contributed by atoms with E-state index in [0.29, 0.717) is 41.3 Å². The summed E-state index contributed by atoms with van der Waals surface area (Å²) in [6.07, 6.45) is 3.65. The van der Waals surface area contributed by atoms with Crippen LogP contribution in [0.25, 0.3) is 0 Å². The van der Waals surface area contributed by atoms with Crippen molar-refractivity contribution in [2.24, 2.45) is 7.05 Å². The SMILES string of the molecule is Cn1cc(C(=O)Nc2sc3c(c2C#N)CCN(C(=O)Nc2ccc(Br)cc2)C3)cn1. The van der Waals surface area contributed by atoms with Crippen molar-refractivity contribution in [2.45, 2.75) is 13.0 Å². The normalized spacial score (nSPS) is 12.8. The number of rotatable bonds is 3. The molecule has 0 bridgehead atoms. The number of aromatic nitrogens is 2. The van der Waals surface area contributed by atoms with E-state index in [-0.39, 0.29) is 11.9 Å². The Morgan fingerprint density at radius 1 is 1.27 bits per heavy atom. The zero-order valence-electron chi connectivity index (χ0n) is 16.0. The van der Waals surface area contributed by atoms with Gasteiger partial charge in [-0.3, -0.25) is 9.48 Å².